The molecule has 0 saturated carbocycles. The van der Waals surface area contributed by atoms with Gasteiger partial charge in [0.05, 0.1) is 0 Å². The van der Waals surface area contributed by atoms with Gasteiger partial charge >= 0.3 is 0 Å². The number of aryl methyl sites for hydroxylation is 1. The molecule has 2 atom stereocenters. The van der Waals surface area contributed by atoms with Gasteiger partial charge in [0, 0.05) is 17.6 Å². The largest absolute Gasteiger partial charge is 0.366 e. The molecule has 0 aromatic heterocycles. The first kappa shape index (κ1) is 16.2. The zero-order valence-corrected chi connectivity index (χ0v) is 13.3. The van der Waals surface area contributed by atoms with Gasteiger partial charge in [0.1, 0.15) is 0 Å². The van der Waals surface area contributed by atoms with Crippen LogP contribution in [0.3, 0.4) is 0 Å². The highest BCUT2D eigenvalue weighted by Gasteiger charge is 2.09. The standard InChI is InChI=1S/C19H24N2O/c1-14(21-15(2)17-6-4-3-5-7-17)8-9-16-10-12-18(13-11-16)19(20)22/h3-7,10-15,21H,8-9H2,1-2H3,(H2,20,22). The van der Waals surface area contributed by atoms with Crippen molar-refractivity contribution in [2.45, 2.75) is 38.8 Å². The summed E-state index contributed by atoms with van der Waals surface area (Å²) in [6.45, 7) is 4.39. The molecule has 3 N–H and O–H groups in total. The summed E-state index contributed by atoms with van der Waals surface area (Å²) in [6, 6.07) is 18.8. The normalized spacial score (nSPS) is 13.5. The van der Waals surface area contributed by atoms with Crippen molar-refractivity contribution in [1.29, 1.82) is 0 Å². The lowest BCUT2D eigenvalue weighted by Crippen LogP contribution is -2.29. The summed E-state index contributed by atoms with van der Waals surface area (Å²) in [5, 5.41) is 3.62. The molecule has 0 spiro atoms. The van der Waals surface area contributed by atoms with Gasteiger partial charge in [-0.15, -0.1) is 0 Å². The third-order valence-electron chi connectivity index (χ3n) is 3.94. The number of rotatable bonds is 7. The molecule has 1 amide bonds. The maximum absolute atomic E-state index is 11.0. The van der Waals surface area contributed by atoms with Crippen LogP contribution in [-0.2, 0) is 6.42 Å². The van der Waals surface area contributed by atoms with Crippen molar-refractivity contribution in [2.75, 3.05) is 0 Å². The number of hydrogen-bond donors (Lipinski definition) is 2. The van der Waals surface area contributed by atoms with Crippen molar-refractivity contribution in [3.8, 4) is 0 Å². The zero-order chi connectivity index (χ0) is 15.9. The van der Waals surface area contributed by atoms with Crippen LogP contribution in [0.25, 0.3) is 0 Å². The van der Waals surface area contributed by atoms with E-state index in [4.69, 9.17) is 5.73 Å². The molecule has 0 bridgehead atoms. The molecule has 0 aliphatic carbocycles. The van der Waals surface area contributed by atoms with E-state index >= 15 is 0 Å². The first-order valence-electron chi connectivity index (χ1n) is 7.76. The molecule has 3 heteroatoms. The molecule has 2 unspecified atom stereocenters. The molecule has 0 heterocycles. The van der Waals surface area contributed by atoms with Gasteiger partial charge in [-0.3, -0.25) is 4.79 Å². The van der Waals surface area contributed by atoms with E-state index in [2.05, 4.69) is 43.4 Å². The molecule has 0 radical (unpaired) electrons. The van der Waals surface area contributed by atoms with Crippen LogP contribution < -0.4 is 11.1 Å². The second-order valence-electron chi connectivity index (χ2n) is 5.80. The van der Waals surface area contributed by atoms with E-state index in [9.17, 15) is 4.79 Å². The Morgan fingerprint density at radius 1 is 1.05 bits per heavy atom. The Balaban J connectivity index is 1.82. The number of nitrogens with two attached hydrogens (primary N) is 1. The van der Waals surface area contributed by atoms with Gasteiger partial charge in [-0.05, 0) is 49.9 Å². The molecule has 0 aliphatic heterocycles. The maximum Gasteiger partial charge on any atom is 0.248 e. The van der Waals surface area contributed by atoms with Gasteiger partial charge in [0.15, 0.2) is 0 Å². The highest BCUT2D eigenvalue weighted by Crippen LogP contribution is 2.14. The first-order valence-corrected chi connectivity index (χ1v) is 7.76. The summed E-state index contributed by atoms with van der Waals surface area (Å²) < 4.78 is 0. The predicted molar refractivity (Wildman–Crippen MR) is 90.7 cm³/mol. The van der Waals surface area contributed by atoms with Crippen LogP contribution in [0.5, 0.6) is 0 Å². The lowest BCUT2D eigenvalue weighted by molar-refractivity contribution is 0.100. The summed E-state index contributed by atoms with van der Waals surface area (Å²) in [5.41, 5.74) is 8.34. The molecule has 2 aromatic carbocycles. The van der Waals surface area contributed by atoms with Crippen molar-refractivity contribution in [1.82, 2.24) is 5.32 Å². The predicted octanol–water partition coefficient (Wildman–Crippen LogP) is 3.46. The van der Waals surface area contributed by atoms with Gasteiger partial charge < -0.3 is 11.1 Å². The van der Waals surface area contributed by atoms with Crippen molar-refractivity contribution in [2.24, 2.45) is 5.73 Å². The van der Waals surface area contributed by atoms with Gasteiger partial charge in [0.25, 0.3) is 0 Å². The van der Waals surface area contributed by atoms with E-state index in [0.29, 0.717) is 17.6 Å². The Labute approximate surface area is 132 Å². The van der Waals surface area contributed by atoms with E-state index in [1.165, 1.54) is 11.1 Å². The van der Waals surface area contributed by atoms with E-state index in [-0.39, 0.29) is 5.91 Å². The topological polar surface area (TPSA) is 55.1 Å². The van der Waals surface area contributed by atoms with Crippen molar-refractivity contribution < 1.29 is 4.79 Å². The summed E-state index contributed by atoms with van der Waals surface area (Å²) >= 11 is 0. The molecule has 22 heavy (non-hydrogen) atoms. The number of carbonyl (C=O) groups excluding carboxylic acids is 1. The quantitative estimate of drug-likeness (QED) is 0.822. The minimum absolute atomic E-state index is 0.341. The zero-order valence-electron chi connectivity index (χ0n) is 13.3. The highest BCUT2D eigenvalue weighted by atomic mass is 16.1. The SMILES string of the molecule is CC(CCc1ccc(C(N)=O)cc1)NC(C)c1ccccc1. The van der Waals surface area contributed by atoms with Crippen LogP contribution in [0.15, 0.2) is 54.6 Å². The van der Waals surface area contributed by atoms with Crippen molar-refractivity contribution >= 4 is 5.91 Å². The summed E-state index contributed by atoms with van der Waals surface area (Å²) in [5.74, 6) is -0.377. The van der Waals surface area contributed by atoms with Crippen LogP contribution in [0, 0.1) is 0 Å². The average molecular weight is 296 g/mol. The molecule has 2 aromatic rings. The van der Waals surface area contributed by atoms with Gasteiger partial charge in [-0.1, -0.05) is 42.5 Å². The third kappa shape index (κ3) is 4.71. The number of hydrogen-bond acceptors (Lipinski definition) is 2. The Morgan fingerprint density at radius 2 is 1.68 bits per heavy atom. The van der Waals surface area contributed by atoms with Gasteiger partial charge in [-0.2, -0.15) is 0 Å². The molecule has 116 valence electrons. The molecular formula is C19H24N2O. The Kier molecular flexibility index (Phi) is 5.73. The summed E-state index contributed by atoms with van der Waals surface area (Å²) in [6.07, 6.45) is 2.03. The Morgan fingerprint density at radius 3 is 2.27 bits per heavy atom. The maximum atomic E-state index is 11.0. The minimum atomic E-state index is -0.377. The number of benzene rings is 2. The molecule has 2 rings (SSSR count). The fraction of sp³-hybridized carbons (Fsp3) is 0.316. The van der Waals surface area contributed by atoms with Crippen molar-refractivity contribution in [3.05, 3.63) is 71.3 Å². The Hall–Kier alpha value is -2.13. The molecule has 0 aliphatic rings. The smallest absolute Gasteiger partial charge is 0.248 e. The third-order valence-corrected chi connectivity index (χ3v) is 3.94. The van der Waals surface area contributed by atoms with Crippen LogP contribution >= 0.6 is 0 Å². The fourth-order valence-electron chi connectivity index (χ4n) is 2.57. The van der Waals surface area contributed by atoms with E-state index in [0.717, 1.165) is 12.8 Å². The number of primary amides is 1. The minimum Gasteiger partial charge on any atom is -0.366 e. The average Bonchev–Trinajstić information content (AvgIpc) is 2.54. The van der Waals surface area contributed by atoms with Gasteiger partial charge in [-0.25, -0.2) is 0 Å². The number of carbonyl (C=O) groups is 1. The van der Waals surface area contributed by atoms with E-state index in [1.807, 2.05) is 18.2 Å². The second kappa shape index (κ2) is 7.76. The monoisotopic (exact) mass is 296 g/mol. The second-order valence-corrected chi connectivity index (χ2v) is 5.80. The molecule has 3 nitrogen and oxygen atoms in total. The number of amides is 1. The summed E-state index contributed by atoms with van der Waals surface area (Å²) in [7, 11) is 0. The molecular weight excluding hydrogens is 272 g/mol. The summed E-state index contributed by atoms with van der Waals surface area (Å²) in [4.78, 5) is 11.0. The fourth-order valence-corrected chi connectivity index (χ4v) is 2.57. The van der Waals surface area contributed by atoms with Crippen LogP contribution in [0.1, 0.15) is 47.8 Å². The van der Waals surface area contributed by atoms with E-state index in [1.54, 1.807) is 12.1 Å². The van der Waals surface area contributed by atoms with Crippen LogP contribution in [-0.4, -0.2) is 11.9 Å². The lowest BCUT2D eigenvalue weighted by atomic mass is 10.0. The molecule has 0 fully saturated rings. The molecule has 0 saturated heterocycles. The van der Waals surface area contributed by atoms with Crippen LogP contribution in [0.4, 0.5) is 0 Å². The lowest BCUT2D eigenvalue weighted by Gasteiger charge is -2.20. The Bertz CT molecular complexity index is 593. The first-order chi connectivity index (χ1) is 10.6. The van der Waals surface area contributed by atoms with Gasteiger partial charge in [0.2, 0.25) is 5.91 Å². The number of nitrogens with one attached hydrogen (secondary N) is 1. The highest BCUT2D eigenvalue weighted by molar-refractivity contribution is 5.92. The van der Waals surface area contributed by atoms with Crippen molar-refractivity contribution in [3.63, 3.8) is 0 Å². The van der Waals surface area contributed by atoms with E-state index < -0.39 is 0 Å². The van der Waals surface area contributed by atoms with Crippen LogP contribution in [0.2, 0.25) is 0 Å².